The third-order valence-corrected chi connectivity index (χ3v) is 3.29. The molecule has 0 bridgehead atoms. The number of nitrogens with zero attached hydrogens (tertiary/aromatic N) is 2. The van der Waals surface area contributed by atoms with E-state index in [1.54, 1.807) is 7.11 Å². The molecule has 0 radical (unpaired) electrons. The minimum atomic E-state index is -0.419. The first-order chi connectivity index (χ1) is 8.84. The Morgan fingerprint density at radius 2 is 1.89 bits per heavy atom. The Balaban J connectivity index is 4.19. The Labute approximate surface area is 119 Å². The summed E-state index contributed by atoms with van der Waals surface area (Å²) in [5.41, 5.74) is -0.419. The summed E-state index contributed by atoms with van der Waals surface area (Å²) in [4.78, 5) is 2.40. The summed E-state index contributed by atoms with van der Waals surface area (Å²) in [6, 6.07) is 3.25. The van der Waals surface area contributed by atoms with Gasteiger partial charge in [0.05, 0.1) is 12.7 Å². The van der Waals surface area contributed by atoms with Gasteiger partial charge in [0.1, 0.15) is 5.54 Å². The van der Waals surface area contributed by atoms with Crippen molar-refractivity contribution in [3.63, 3.8) is 0 Å². The Morgan fingerprint density at radius 3 is 2.32 bits per heavy atom. The molecule has 19 heavy (non-hydrogen) atoms. The average molecular weight is 269 g/mol. The summed E-state index contributed by atoms with van der Waals surface area (Å²) >= 11 is 0. The second kappa shape index (κ2) is 9.30. The van der Waals surface area contributed by atoms with E-state index in [0.717, 1.165) is 32.5 Å². The Hall–Kier alpha value is -0.630. The molecule has 4 heteroatoms. The molecule has 0 aromatic heterocycles. The molecular formula is C15H31N3O. The molecule has 1 N–H and O–H groups in total. The second-order valence-electron chi connectivity index (χ2n) is 5.97. The maximum Gasteiger partial charge on any atom is 0.104 e. The highest BCUT2D eigenvalue weighted by atomic mass is 16.5. The third kappa shape index (κ3) is 8.20. The van der Waals surface area contributed by atoms with E-state index < -0.39 is 5.54 Å². The van der Waals surface area contributed by atoms with Crippen molar-refractivity contribution >= 4 is 0 Å². The van der Waals surface area contributed by atoms with E-state index in [4.69, 9.17) is 4.74 Å². The molecule has 0 aliphatic heterocycles. The first kappa shape index (κ1) is 18.4. The van der Waals surface area contributed by atoms with Crippen LogP contribution in [-0.2, 0) is 4.74 Å². The molecule has 1 unspecified atom stereocenters. The van der Waals surface area contributed by atoms with Crippen LogP contribution in [-0.4, -0.2) is 49.3 Å². The zero-order valence-corrected chi connectivity index (χ0v) is 13.5. The summed E-state index contributed by atoms with van der Waals surface area (Å²) in [6.45, 7) is 13.3. The quantitative estimate of drug-likeness (QED) is 0.661. The molecule has 0 spiro atoms. The molecule has 112 valence electrons. The molecule has 0 aliphatic carbocycles. The number of hydrogen-bond donors (Lipinski definition) is 1. The Morgan fingerprint density at radius 1 is 1.26 bits per heavy atom. The molecule has 1 atom stereocenters. The van der Waals surface area contributed by atoms with Crippen LogP contribution in [0.4, 0.5) is 0 Å². The smallest absolute Gasteiger partial charge is 0.104 e. The number of rotatable bonds is 10. The van der Waals surface area contributed by atoms with Crippen LogP contribution in [0.3, 0.4) is 0 Å². The van der Waals surface area contributed by atoms with E-state index in [2.05, 4.69) is 44.0 Å². The number of methoxy groups -OCH3 is 1. The predicted molar refractivity (Wildman–Crippen MR) is 80.1 cm³/mol. The minimum absolute atomic E-state index is 0.333. The summed E-state index contributed by atoms with van der Waals surface area (Å²) in [5, 5.41) is 12.7. The Kier molecular flexibility index (Phi) is 8.99. The van der Waals surface area contributed by atoms with Crippen LogP contribution < -0.4 is 5.32 Å². The fourth-order valence-electron chi connectivity index (χ4n) is 2.27. The van der Waals surface area contributed by atoms with E-state index >= 15 is 0 Å². The molecule has 0 aromatic carbocycles. The van der Waals surface area contributed by atoms with E-state index in [1.165, 1.54) is 0 Å². The number of hydrogen-bond acceptors (Lipinski definition) is 4. The fourth-order valence-corrected chi connectivity index (χ4v) is 2.27. The van der Waals surface area contributed by atoms with Gasteiger partial charge in [-0.05, 0) is 54.0 Å². The van der Waals surface area contributed by atoms with Gasteiger partial charge in [0.2, 0.25) is 0 Å². The van der Waals surface area contributed by atoms with E-state index in [1.807, 2.05) is 6.92 Å². The van der Waals surface area contributed by atoms with Crippen molar-refractivity contribution < 1.29 is 4.74 Å². The first-order valence-electron chi connectivity index (χ1n) is 7.26. The molecule has 0 fully saturated rings. The van der Waals surface area contributed by atoms with Crippen LogP contribution in [0.5, 0.6) is 0 Å². The maximum absolute atomic E-state index is 9.30. The van der Waals surface area contributed by atoms with Crippen molar-refractivity contribution in [3.8, 4) is 6.07 Å². The maximum atomic E-state index is 9.30. The zero-order valence-electron chi connectivity index (χ0n) is 13.5. The lowest BCUT2D eigenvalue weighted by Crippen LogP contribution is -2.45. The minimum Gasteiger partial charge on any atom is -0.383 e. The van der Waals surface area contributed by atoms with Gasteiger partial charge < -0.3 is 4.74 Å². The van der Waals surface area contributed by atoms with Crippen molar-refractivity contribution in [3.05, 3.63) is 0 Å². The van der Waals surface area contributed by atoms with Crippen LogP contribution in [0, 0.1) is 11.3 Å². The molecule has 4 nitrogen and oxygen atoms in total. The average Bonchev–Trinajstić information content (AvgIpc) is 2.32. The third-order valence-electron chi connectivity index (χ3n) is 3.29. The number of ether oxygens (including phenoxy) is 1. The molecule has 0 rings (SSSR count). The SMILES string of the molecule is COCCN(CCCC(C)(C#N)NC(C)C)C(C)C. The highest BCUT2D eigenvalue weighted by Crippen LogP contribution is 2.13. The van der Waals surface area contributed by atoms with Crippen molar-refractivity contribution in [2.75, 3.05) is 26.8 Å². The van der Waals surface area contributed by atoms with Crippen molar-refractivity contribution in [1.29, 1.82) is 5.26 Å². The van der Waals surface area contributed by atoms with Gasteiger partial charge in [0.25, 0.3) is 0 Å². The van der Waals surface area contributed by atoms with Crippen LogP contribution >= 0.6 is 0 Å². The van der Waals surface area contributed by atoms with Crippen LogP contribution in [0.25, 0.3) is 0 Å². The lowest BCUT2D eigenvalue weighted by molar-refractivity contribution is 0.126. The van der Waals surface area contributed by atoms with Crippen molar-refractivity contribution in [1.82, 2.24) is 10.2 Å². The van der Waals surface area contributed by atoms with Gasteiger partial charge >= 0.3 is 0 Å². The van der Waals surface area contributed by atoms with Gasteiger partial charge in [-0.25, -0.2) is 0 Å². The van der Waals surface area contributed by atoms with Gasteiger partial charge in [-0.2, -0.15) is 5.26 Å². The molecule has 0 heterocycles. The molecular weight excluding hydrogens is 238 g/mol. The van der Waals surface area contributed by atoms with E-state index in [9.17, 15) is 5.26 Å². The number of nitriles is 1. The predicted octanol–water partition coefficient (Wildman–Crippen LogP) is 2.40. The van der Waals surface area contributed by atoms with Gasteiger partial charge in [0, 0.05) is 25.7 Å². The fraction of sp³-hybridized carbons (Fsp3) is 0.933. The highest BCUT2D eigenvalue weighted by molar-refractivity contribution is 5.04. The zero-order chi connectivity index (χ0) is 14.9. The standard InChI is InChI=1S/C15H31N3O/c1-13(2)17-15(5,12-16)8-7-9-18(14(3)4)10-11-19-6/h13-14,17H,7-11H2,1-6H3. The summed E-state index contributed by atoms with van der Waals surface area (Å²) in [5.74, 6) is 0. The topological polar surface area (TPSA) is 48.3 Å². The van der Waals surface area contributed by atoms with Crippen LogP contribution in [0.2, 0.25) is 0 Å². The van der Waals surface area contributed by atoms with Crippen LogP contribution in [0.1, 0.15) is 47.5 Å². The highest BCUT2D eigenvalue weighted by Gasteiger charge is 2.24. The summed E-state index contributed by atoms with van der Waals surface area (Å²) < 4.78 is 5.14. The second-order valence-corrected chi connectivity index (χ2v) is 5.97. The molecule has 0 aromatic rings. The van der Waals surface area contributed by atoms with E-state index in [0.29, 0.717) is 12.1 Å². The molecule has 0 saturated heterocycles. The van der Waals surface area contributed by atoms with Gasteiger partial charge in [-0.3, -0.25) is 10.2 Å². The van der Waals surface area contributed by atoms with Gasteiger partial charge in [0.15, 0.2) is 0 Å². The monoisotopic (exact) mass is 269 g/mol. The Bertz CT molecular complexity index is 273. The number of nitrogens with one attached hydrogen (secondary N) is 1. The van der Waals surface area contributed by atoms with Crippen molar-refractivity contribution in [2.45, 2.75) is 65.1 Å². The van der Waals surface area contributed by atoms with E-state index in [-0.39, 0.29) is 0 Å². The lowest BCUT2D eigenvalue weighted by atomic mass is 9.96. The molecule has 0 aliphatic rings. The summed E-state index contributed by atoms with van der Waals surface area (Å²) in [6.07, 6.45) is 1.89. The van der Waals surface area contributed by atoms with Crippen molar-refractivity contribution in [2.24, 2.45) is 0 Å². The summed E-state index contributed by atoms with van der Waals surface area (Å²) in [7, 11) is 1.73. The van der Waals surface area contributed by atoms with Crippen LogP contribution in [0.15, 0.2) is 0 Å². The normalized spacial score (nSPS) is 14.9. The largest absolute Gasteiger partial charge is 0.383 e. The first-order valence-corrected chi connectivity index (χ1v) is 7.26. The molecule has 0 amide bonds. The van der Waals surface area contributed by atoms with Gasteiger partial charge in [-0.1, -0.05) is 0 Å². The molecule has 0 saturated carbocycles. The lowest BCUT2D eigenvalue weighted by Gasteiger charge is -2.29. The van der Waals surface area contributed by atoms with Gasteiger partial charge in [-0.15, -0.1) is 0 Å².